The molecule has 33 heavy (non-hydrogen) atoms. The van der Waals surface area contributed by atoms with Gasteiger partial charge in [-0.05, 0) is 48.7 Å². The standard InChI is InChI=1S/C24H29N3O6/c1-15(2)22(26-23(29)18-9-6-16(3)7-10-18)24(30)27-25-13-17-8-11-19(20(12-17)31-4)33-14-21(28)32-5/h6-13,15,22H,14H2,1-5H3,(H,26,29)(H,27,30)/b25-13-. The molecule has 0 saturated heterocycles. The second-order valence-corrected chi connectivity index (χ2v) is 7.57. The SMILES string of the molecule is COC(=O)COc1ccc(/C=N\NC(=O)C(NC(=O)c2ccc(C)cc2)C(C)C)cc1OC. The average Bonchev–Trinajstić information content (AvgIpc) is 2.81. The molecule has 0 aromatic heterocycles. The van der Waals surface area contributed by atoms with Crippen molar-refractivity contribution in [1.29, 1.82) is 0 Å². The first-order valence-corrected chi connectivity index (χ1v) is 10.3. The van der Waals surface area contributed by atoms with Gasteiger partial charge in [0.2, 0.25) is 0 Å². The summed E-state index contributed by atoms with van der Waals surface area (Å²) in [5.74, 6) is -0.685. The van der Waals surface area contributed by atoms with Gasteiger partial charge in [0.25, 0.3) is 11.8 Å². The minimum atomic E-state index is -0.764. The third-order valence-corrected chi connectivity index (χ3v) is 4.70. The number of esters is 1. The molecule has 176 valence electrons. The van der Waals surface area contributed by atoms with E-state index in [-0.39, 0.29) is 18.4 Å². The van der Waals surface area contributed by atoms with Crippen molar-refractivity contribution in [1.82, 2.24) is 10.7 Å². The Kier molecular flexibility index (Phi) is 9.41. The van der Waals surface area contributed by atoms with Gasteiger partial charge < -0.3 is 19.5 Å². The second-order valence-electron chi connectivity index (χ2n) is 7.57. The van der Waals surface area contributed by atoms with Gasteiger partial charge in [-0.25, -0.2) is 10.2 Å². The van der Waals surface area contributed by atoms with Crippen LogP contribution in [0.5, 0.6) is 11.5 Å². The van der Waals surface area contributed by atoms with Crippen LogP contribution in [-0.4, -0.2) is 50.9 Å². The van der Waals surface area contributed by atoms with E-state index in [9.17, 15) is 14.4 Å². The molecule has 0 aliphatic carbocycles. The van der Waals surface area contributed by atoms with E-state index in [1.807, 2.05) is 32.9 Å². The molecular weight excluding hydrogens is 426 g/mol. The van der Waals surface area contributed by atoms with Crippen LogP contribution in [0.2, 0.25) is 0 Å². The van der Waals surface area contributed by atoms with Crippen LogP contribution in [-0.2, 0) is 14.3 Å². The van der Waals surface area contributed by atoms with Gasteiger partial charge >= 0.3 is 5.97 Å². The topological polar surface area (TPSA) is 115 Å². The van der Waals surface area contributed by atoms with Crippen LogP contribution in [0.15, 0.2) is 47.6 Å². The molecule has 0 spiro atoms. The number of methoxy groups -OCH3 is 2. The molecule has 0 aliphatic heterocycles. The van der Waals surface area contributed by atoms with Crippen LogP contribution in [0.4, 0.5) is 0 Å². The Balaban J connectivity index is 2.01. The van der Waals surface area contributed by atoms with Crippen molar-refractivity contribution < 1.29 is 28.6 Å². The molecule has 2 N–H and O–H groups in total. The third kappa shape index (κ3) is 7.64. The van der Waals surface area contributed by atoms with Crippen molar-refractivity contribution >= 4 is 24.0 Å². The lowest BCUT2D eigenvalue weighted by molar-refractivity contribution is -0.142. The highest BCUT2D eigenvalue weighted by molar-refractivity contribution is 5.97. The van der Waals surface area contributed by atoms with Crippen molar-refractivity contribution in [3.05, 3.63) is 59.2 Å². The summed E-state index contributed by atoms with van der Waals surface area (Å²) < 4.78 is 15.2. The fourth-order valence-electron chi connectivity index (χ4n) is 2.78. The summed E-state index contributed by atoms with van der Waals surface area (Å²) >= 11 is 0. The number of nitrogens with one attached hydrogen (secondary N) is 2. The summed E-state index contributed by atoms with van der Waals surface area (Å²) in [6.07, 6.45) is 1.43. The maximum Gasteiger partial charge on any atom is 0.343 e. The molecule has 1 atom stereocenters. The van der Waals surface area contributed by atoms with Gasteiger partial charge in [-0.15, -0.1) is 0 Å². The smallest absolute Gasteiger partial charge is 0.343 e. The van der Waals surface area contributed by atoms with E-state index in [4.69, 9.17) is 9.47 Å². The van der Waals surface area contributed by atoms with Crippen molar-refractivity contribution in [3.8, 4) is 11.5 Å². The van der Waals surface area contributed by atoms with Gasteiger partial charge in [-0.1, -0.05) is 31.5 Å². The molecule has 0 aliphatic rings. The zero-order valence-electron chi connectivity index (χ0n) is 19.4. The van der Waals surface area contributed by atoms with Gasteiger partial charge in [0.1, 0.15) is 6.04 Å². The number of rotatable bonds is 10. The normalized spacial score (nSPS) is 11.7. The number of benzene rings is 2. The molecule has 0 saturated carbocycles. The number of carbonyl (C=O) groups excluding carboxylic acids is 3. The number of hydrogen-bond donors (Lipinski definition) is 2. The number of aryl methyl sites for hydroxylation is 1. The second kappa shape index (κ2) is 12.2. The lowest BCUT2D eigenvalue weighted by Gasteiger charge is -2.20. The van der Waals surface area contributed by atoms with Gasteiger partial charge in [0, 0.05) is 5.56 Å². The molecule has 2 amide bonds. The molecule has 0 fully saturated rings. The Morgan fingerprint density at radius 2 is 1.73 bits per heavy atom. The lowest BCUT2D eigenvalue weighted by atomic mass is 10.0. The van der Waals surface area contributed by atoms with E-state index in [1.165, 1.54) is 20.4 Å². The summed E-state index contributed by atoms with van der Waals surface area (Å²) in [6, 6.07) is 11.3. The van der Waals surface area contributed by atoms with E-state index < -0.39 is 17.9 Å². The average molecular weight is 456 g/mol. The first kappa shape index (κ1) is 25.4. The van der Waals surface area contributed by atoms with E-state index in [0.29, 0.717) is 22.6 Å². The molecule has 0 bridgehead atoms. The van der Waals surface area contributed by atoms with E-state index >= 15 is 0 Å². The summed E-state index contributed by atoms with van der Waals surface area (Å²) in [4.78, 5) is 36.4. The molecule has 2 aromatic carbocycles. The maximum atomic E-state index is 12.6. The minimum absolute atomic E-state index is 0.152. The van der Waals surface area contributed by atoms with Crippen LogP contribution < -0.4 is 20.2 Å². The first-order chi connectivity index (χ1) is 15.7. The molecule has 1 unspecified atom stereocenters. The fourth-order valence-corrected chi connectivity index (χ4v) is 2.78. The van der Waals surface area contributed by atoms with Crippen molar-refractivity contribution in [3.63, 3.8) is 0 Å². The highest BCUT2D eigenvalue weighted by Gasteiger charge is 2.24. The van der Waals surface area contributed by atoms with Gasteiger partial charge in [0.05, 0.1) is 20.4 Å². The number of carbonyl (C=O) groups is 3. The highest BCUT2D eigenvalue weighted by Crippen LogP contribution is 2.27. The number of hydrazone groups is 1. The van der Waals surface area contributed by atoms with Gasteiger partial charge in [0.15, 0.2) is 18.1 Å². The molecular formula is C24H29N3O6. The Morgan fingerprint density at radius 3 is 2.33 bits per heavy atom. The molecule has 9 heteroatoms. The van der Waals surface area contributed by atoms with Crippen molar-refractivity contribution in [2.45, 2.75) is 26.8 Å². The van der Waals surface area contributed by atoms with Crippen LogP contribution in [0.3, 0.4) is 0 Å². The van der Waals surface area contributed by atoms with Crippen LogP contribution >= 0.6 is 0 Å². The van der Waals surface area contributed by atoms with Crippen LogP contribution in [0, 0.1) is 12.8 Å². The fraction of sp³-hybridized carbons (Fsp3) is 0.333. The Morgan fingerprint density at radius 1 is 1.03 bits per heavy atom. The zero-order chi connectivity index (χ0) is 24.4. The first-order valence-electron chi connectivity index (χ1n) is 10.3. The highest BCUT2D eigenvalue weighted by atomic mass is 16.6. The third-order valence-electron chi connectivity index (χ3n) is 4.70. The number of hydrogen-bond acceptors (Lipinski definition) is 7. The number of ether oxygens (including phenoxy) is 3. The van der Waals surface area contributed by atoms with Crippen LogP contribution in [0.1, 0.15) is 35.3 Å². The Bertz CT molecular complexity index is 1000. The Labute approximate surface area is 193 Å². The summed E-state index contributed by atoms with van der Waals surface area (Å²) in [5, 5.41) is 6.74. The summed E-state index contributed by atoms with van der Waals surface area (Å²) in [6.45, 7) is 5.35. The van der Waals surface area contributed by atoms with E-state index in [0.717, 1.165) is 5.56 Å². The Hall–Kier alpha value is -3.88. The quantitative estimate of drug-likeness (QED) is 0.323. The molecule has 0 heterocycles. The number of amides is 2. The van der Waals surface area contributed by atoms with E-state index in [2.05, 4.69) is 20.6 Å². The van der Waals surface area contributed by atoms with Gasteiger partial charge in [-0.2, -0.15) is 5.10 Å². The monoisotopic (exact) mass is 455 g/mol. The summed E-state index contributed by atoms with van der Waals surface area (Å²) in [7, 11) is 2.74. The largest absolute Gasteiger partial charge is 0.493 e. The molecule has 2 aromatic rings. The molecule has 2 rings (SSSR count). The number of nitrogens with zero attached hydrogens (tertiary/aromatic N) is 1. The summed E-state index contributed by atoms with van der Waals surface area (Å²) in [5.41, 5.74) is 4.60. The van der Waals surface area contributed by atoms with Crippen molar-refractivity contribution in [2.75, 3.05) is 20.8 Å². The van der Waals surface area contributed by atoms with E-state index in [1.54, 1.807) is 30.3 Å². The minimum Gasteiger partial charge on any atom is -0.493 e. The predicted molar refractivity (Wildman–Crippen MR) is 124 cm³/mol. The zero-order valence-corrected chi connectivity index (χ0v) is 19.4. The predicted octanol–water partition coefficient (Wildman–Crippen LogP) is 2.46. The molecule has 9 nitrogen and oxygen atoms in total. The maximum absolute atomic E-state index is 12.6. The lowest BCUT2D eigenvalue weighted by Crippen LogP contribution is -2.48. The van der Waals surface area contributed by atoms with Crippen molar-refractivity contribution in [2.24, 2.45) is 11.0 Å². The molecule has 0 radical (unpaired) electrons. The van der Waals surface area contributed by atoms with Crippen LogP contribution in [0.25, 0.3) is 0 Å². The van der Waals surface area contributed by atoms with Gasteiger partial charge in [-0.3, -0.25) is 9.59 Å².